The Morgan fingerprint density at radius 1 is 0.970 bits per heavy atom. The maximum atomic E-state index is 12.6. The summed E-state index contributed by atoms with van der Waals surface area (Å²) in [4.78, 5) is 35.7. The molecule has 2 aromatic carbocycles. The van der Waals surface area contributed by atoms with Gasteiger partial charge in [0.05, 0.1) is 6.42 Å². The lowest BCUT2D eigenvalue weighted by molar-refractivity contribution is -0.137. The van der Waals surface area contributed by atoms with E-state index in [2.05, 4.69) is 34.9 Å². The summed E-state index contributed by atoms with van der Waals surface area (Å²) in [6.07, 6.45) is 1.80. The Balaban J connectivity index is 1.58. The quantitative estimate of drug-likeness (QED) is 0.467. The molecule has 0 heterocycles. The van der Waals surface area contributed by atoms with Crippen LogP contribution in [0.1, 0.15) is 63.0 Å². The van der Waals surface area contributed by atoms with Gasteiger partial charge in [0, 0.05) is 24.4 Å². The van der Waals surface area contributed by atoms with Gasteiger partial charge in [0.15, 0.2) is 0 Å². The lowest BCUT2D eigenvalue weighted by atomic mass is 9.98. The molecule has 0 spiro atoms. The van der Waals surface area contributed by atoms with Crippen molar-refractivity contribution < 1.29 is 24.2 Å². The highest BCUT2D eigenvalue weighted by molar-refractivity contribution is 5.80. The number of aliphatic carboxylic acids is 1. The average Bonchev–Trinajstić information content (AvgIpc) is 3.09. The van der Waals surface area contributed by atoms with Gasteiger partial charge in [-0.05, 0) is 35.6 Å². The topological polar surface area (TPSA) is 105 Å². The maximum absolute atomic E-state index is 12.6. The molecule has 33 heavy (non-hydrogen) atoms. The standard InChI is InChI=1S/C26H32N2O5/c1-3-4-9-18(15-24(29)27-17(2)14-25(30)31)28-26(32)33-16-23-21-12-7-5-10-19(21)20-11-6-8-13-22(20)23/h5-8,10-13,17-18,23H,3-4,9,14-16H2,1-2H3,(H,27,29)(H,28,32)(H,30,31)/t17-,18+/m0/s1. The number of hydrogen-bond acceptors (Lipinski definition) is 4. The first-order valence-corrected chi connectivity index (χ1v) is 11.5. The van der Waals surface area contributed by atoms with Gasteiger partial charge in [-0.25, -0.2) is 4.79 Å². The highest BCUT2D eigenvalue weighted by atomic mass is 16.5. The van der Waals surface area contributed by atoms with E-state index in [1.54, 1.807) is 6.92 Å². The first-order valence-electron chi connectivity index (χ1n) is 11.5. The van der Waals surface area contributed by atoms with Crippen molar-refractivity contribution in [1.29, 1.82) is 0 Å². The molecule has 3 rings (SSSR count). The summed E-state index contributed by atoms with van der Waals surface area (Å²) in [5.41, 5.74) is 4.60. The Labute approximate surface area is 194 Å². The van der Waals surface area contributed by atoms with Crippen LogP contribution >= 0.6 is 0 Å². The van der Waals surface area contributed by atoms with Crippen LogP contribution < -0.4 is 10.6 Å². The highest BCUT2D eigenvalue weighted by Crippen LogP contribution is 2.44. The lowest BCUT2D eigenvalue weighted by Gasteiger charge is -2.20. The van der Waals surface area contributed by atoms with Crippen LogP contribution in [0.2, 0.25) is 0 Å². The second-order valence-electron chi connectivity index (χ2n) is 8.58. The third-order valence-corrected chi connectivity index (χ3v) is 5.89. The zero-order chi connectivity index (χ0) is 23.8. The first-order chi connectivity index (χ1) is 15.9. The summed E-state index contributed by atoms with van der Waals surface area (Å²) in [5, 5.41) is 14.4. The molecular formula is C26H32N2O5. The Bertz CT molecular complexity index is 945. The number of amides is 2. The molecule has 0 fully saturated rings. The monoisotopic (exact) mass is 452 g/mol. The van der Waals surface area contributed by atoms with E-state index in [1.165, 1.54) is 0 Å². The van der Waals surface area contributed by atoms with Crippen LogP contribution in [-0.2, 0) is 14.3 Å². The number of fused-ring (bicyclic) bond motifs is 3. The maximum Gasteiger partial charge on any atom is 0.407 e. The van der Waals surface area contributed by atoms with Gasteiger partial charge in [0.1, 0.15) is 6.61 Å². The summed E-state index contributed by atoms with van der Waals surface area (Å²) in [6.45, 7) is 3.90. The molecule has 0 aromatic heterocycles. The zero-order valence-electron chi connectivity index (χ0n) is 19.2. The summed E-state index contributed by atoms with van der Waals surface area (Å²) in [5.74, 6) is -1.29. The van der Waals surface area contributed by atoms with Gasteiger partial charge in [-0.3, -0.25) is 9.59 Å². The number of hydrogen-bond donors (Lipinski definition) is 3. The van der Waals surface area contributed by atoms with Gasteiger partial charge >= 0.3 is 12.1 Å². The van der Waals surface area contributed by atoms with Crippen LogP contribution in [0.15, 0.2) is 48.5 Å². The molecule has 0 saturated heterocycles. The molecule has 0 aliphatic heterocycles. The van der Waals surface area contributed by atoms with Crippen LogP contribution in [0.4, 0.5) is 4.79 Å². The fourth-order valence-corrected chi connectivity index (χ4v) is 4.35. The van der Waals surface area contributed by atoms with E-state index in [4.69, 9.17) is 9.84 Å². The lowest BCUT2D eigenvalue weighted by Crippen LogP contribution is -2.42. The normalized spacial score (nSPS) is 14.0. The van der Waals surface area contributed by atoms with Crippen molar-refractivity contribution in [3.05, 3.63) is 59.7 Å². The minimum atomic E-state index is -0.970. The molecule has 3 N–H and O–H groups in total. The number of nitrogens with one attached hydrogen (secondary N) is 2. The van der Waals surface area contributed by atoms with Gasteiger partial charge in [-0.2, -0.15) is 0 Å². The van der Waals surface area contributed by atoms with Crippen LogP contribution in [0.3, 0.4) is 0 Å². The number of carboxylic acids is 1. The second-order valence-corrected chi connectivity index (χ2v) is 8.58. The van der Waals surface area contributed by atoms with Crippen LogP contribution in [0, 0.1) is 0 Å². The van der Waals surface area contributed by atoms with Crippen molar-refractivity contribution in [2.24, 2.45) is 0 Å². The third-order valence-electron chi connectivity index (χ3n) is 5.89. The van der Waals surface area contributed by atoms with E-state index in [9.17, 15) is 14.4 Å². The van der Waals surface area contributed by atoms with Crippen molar-refractivity contribution in [2.75, 3.05) is 6.61 Å². The minimum absolute atomic E-state index is 0.0302. The van der Waals surface area contributed by atoms with Gasteiger partial charge < -0.3 is 20.5 Å². The molecule has 0 radical (unpaired) electrons. The van der Waals surface area contributed by atoms with E-state index >= 15 is 0 Å². The number of unbranched alkanes of at least 4 members (excludes halogenated alkanes) is 1. The number of benzene rings is 2. The third kappa shape index (κ3) is 6.57. The van der Waals surface area contributed by atoms with Crippen molar-refractivity contribution in [2.45, 2.75) is 64.0 Å². The number of carbonyl (C=O) groups excluding carboxylic acids is 2. The smallest absolute Gasteiger partial charge is 0.407 e. The van der Waals surface area contributed by atoms with E-state index in [1.807, 2.05) is 31.2 Å². The van der Waals surface area contributed by atoms with E-state index in [0.29, 0.717) is 6.42 Å². The Hall–Kier alpha value is -3.35. The summed E-state index contributed by atoms with van der Waals surface area (Å²) >= 11 is 0. The molecular weight excluding hydrogens is 420 g/mol. The fourth-order valence-electron chi connectivity index (χ4n) is 4.35. The number of carboxylic acid groups (broad SMARTS) is 1. The van der Waals surface area contributed by atoms with Gasteiger partial charge in [0.2, 0.25) is 5.91 Å². The van der Waals surface area contributed by atoms with Crippen LogP contribution in [0.5, 0.6) is 0 Å². The predicted octanol–water partition coefficient (Wildman–Crippen LogP) is 4.45. The average molecular weight is 453 g/mol. The Kier molecular flexibility index (Phi) is 8.46. The Morgan fingerprint density at radius 2 is 1.58 bits per heavy atom. The van der Waals surface area contributed by atoms with Gasteiger partial charge in [-0.1, -0.05) is 68.3 Å². The van der Waals surface area contributed by atoms with Crippen molar-refractivity contribution in [3.63, 3.8) is 0 Å². The molecule has 2 amide bonds. The molecule has 7 heteroatoms. The van der Waals surface area contributed by atoms with Crippen LogP contribution in [0.25, 0.3) is 11.1 Å². The molecule has 2 atom stereocenters. The van der Waals surface area contributed by atoms with Gasteiger partial charge in [-0.15, -0.1) is 0 Å². The van der Waals surface area contributed by atoms with Crippen LogP contribution in [-0.4, -0.2) is 41.8 Å². The molecule has 0 unspecified atom stereocenters. The molecule has 1 aliphatic carbocycles. The molecule has 176 valence electrons. The van der Waals surface area contributed by atoms with E-state index < -0.39 is 18.1 Å². The highest BCUT2D eigenvalue weighted by Gasteiger charge is 2.29. The number of ether oxygens (including phenoxy) is 1. The van der Waals surface area contributed by atoms with E-state index in [0.717, 1.165) is 35.1 Å². The number of rotatable bonds is 11. The largest absolute Gasteiger partial charge is 0.481 e. The molecule has 1 aliphatic rings. The molecule has 0 bridgehead atoms. The predicted molar refractivity (Wildman–Crippen MR) is 126 cm³/mol. The zero-order valence-corrected chi connectivity index (χ0v) is 19.2. The second kappa shape index (κ2) is 11.5. The number of alkyl carbamates (subject to hydrolysis) is 1. The molecule has 2 aromatic rings. The van der Waals surface area contributed by atoms with Crippen molar-refractivity contribution >= 4 is 18.0 Å². The SMILES string of the molecule is CCCC[C@H](CC(=O)N[C@@H](C)CC(=O)O)NC(=O)OCC1c2ccccc2-c2ccccc21. The summed E-state index contributed by atoms with van der Waals surface area (Å²) < 4.78 is 5.61. The minimum Gasteiger partial charge on any atom is -0.481 e. The van der Waals surface area contributed by atoms with Crippen molar-refractivity contribution in [1.82, 2.24) is 10.6 Å². The molecule has 7 nitrogen and oxygen atoms in total. The summed E-state index contributed by atoms with van der Waals surface area (Å²) in [6, 6.07) is 15.4. The first kappa shape index (κ1) is 24.3. The van der Waals surface area contributed by atoms with Gasteiger partial charge in [0.25, 0.3) is 0 Å². The summed E-state index contributed by atoms with van der Waals surface area (Å²) in [7, 11) is 0. The Morgan fingerprint density at radius 3 is 2.15 bits per heavy atom. The van der Waals surface area contributed by atoms with Crippen molar-refractivity contribution in [3.8, 4) is 11.1 Å². The van der Waals surface area contributed by atoms with E-state index in [-0.39, 0.29) is 37.3 Å². The fraction of sp³-hybridized carbons (Fsp3) is 0.423. The molecule has 0 saturated carbocycles. The number of carbonyl (C=O) groups is 3.